The molecule has 0 aliphatic heterocycles. The van der Waals surface area contributed by atoms with Crippen molar-refractivity contribution in [3.05, 3.63) is 62.6 Å². The van der Waals surface area contributed by atoms with Crippen molar-refractivity contribution in [3.8, 4) is 5.75 Å². The number of rotatable bonds is 7. The minimum Gasteiger partial charge on any atom is -0.477 e. The zero-order valence-electron chi connectivity index (χ0n) is 14.2. The van der Waals surface area contributed by atoms with E-state index in [0.717, 1.165) is 28.2 Å². The highest BCUT2D eigenvalue weighted by Gasteiger charge is 2.21. The van der Waals surface area contributed by atoms with Gasteiger partial charge < -0.3 is 9.64 Å². The predicted octanol–water partition coefficient (Wildman–Crippen LogP) is 2.04. The zero-order chi connectivity index (χ0) is 20.2. The zero-order valence-corrected chi connectivity index (χ0v) is 16.6. The topological polar surface area (TPSA) is 133 Å². The summed E-state index contributed by atoms with van der Waals surface area (Å²) in [4.78, 5) is 23.6. The second-order valence-electron chi connectivity index (χ2n) is 5.56. The highest BCUT2D eigenvalue weighted by atomic mass is 79.9. The van der Waals surface area contributed by atoms with Gasteiger partial charge in [0.25, 0.3) is 5.91 Å². The number of likely N-dealkylation sites (N-methyl/N-ethyl adjacent to an activating group) is 1. The number of ether oxygens (including phenoxy) is 1. The van der Waals surface area contributed by atoms with Crippen molar-refractivity contribution in [2.24, 2.45) is 5.14 Å². The van der Waals surface area contributed by atoms with Crippen LogP contribution in [0.2, 0.25) is 0 Å². The van der Waals surface area contributed by atoms with Crippen molar-refractivity contribution in [3.63, 3.8) is 0 Å². The van der Waals surface area contributed by atoms with Crippen LogP contribution >= 0.6 is 15.9 Å². The van der Waals surface area contributed by atoms with Crippen molar-refractivity contribution in [2.45, 2.75) is 11.4 Å². The normalized spacial score (nSPS) is 11.1. The molecule has 0 fully saturated rings. The van der Waals surface area contributed by atoms with Gasteiger partial charge in [0, 0.05) is 24.1 Å². The molecule has 0 saturated heterocycles. The lowest BCUT2D eigenvalue weighted by Crippen LogP contribution is -2.31. The van der Waals surface area contributed by atoms with Crippen LogP contribution in [0.4, 0.5) is 5.69 Å². The number of nitro benzene ring substituents is 1. The lowest BCUT2D eigenvalue weighted by Gasteiger charge is -2.18. The van der Waals surface area contributed by atoms with Gasteiger partial charge in [-0.15, -0.1) is 0 Å². The number of hydrogen-bond donors (Lipinski definition) is 1. The first-order valence-corrected chi connectivity index (χ1v) is 9.85. The second-order valence-corrected chi connectivity index (χ2v) is 7.98. The van der Waals surface area contributed by atoms with Crippen LogP contribution in [-0.2, 0) is 21.4 Å². The third kappa shape index (κ3) is 5.49. The van der Waals surface area contributed by atoms with E-state index >= 15 is 0 Å². The lowest BCUT2D eigenvalue weighted by atomic mass is 10.2. The van der Waals surface area contributed by atoms with E-state index in [2.05, 4.69) is 15.9 Å². The molecule has 2 aromatic carbocycles. The summed E-state index contributed by atoms with van der Waals surface area (Å²) in [5.41, 5.74) is 0.291. The van der Waals surface area contributed by atoms with E-state index in [1.165, 1.54) is 4.90 Å². The molecule has 2 aromatic rings. The van der Waals surface area contributed by atoms with Crippen molar-refractivity contribution < 1.29 is 22.9 Å². The summed E-state index contributed by atoms with van der Waals surface area (Å²) < 4.78 is 28.7. The molecule has 0 spiro atoms. The maximum atomic E-state index is 12.2. The smallest absolute Gasteiger partial charge is 0.312 e. The van der Waals surface area contributed by atoms with Gasteiger partial charge in [-0.3, -0.25) is 14.9 Å². The first kappa shape index (κ1) is 20.8. The van der Waals surface area contributed by atoms with Crippen LogP contribution in [0.25, 0.3) is 0 Å². The fraction of sp³-hybridized carbons (Fsp3) is 0.188. The summed E-state index contributed by atoms with van der Waals surface area (Å²) in [6, 6.07) is 10.4. The summed E-state index contributed by atoms with van der Waals surface area (Å²) in [7, 11) is -2.53. The van der Waals surface area contributed by atoms with Crippen LogP contribution in [0, 0.1) is 10.1 Å². The SMILES string of the molecule is CN(Cc1ccccc1Br)C(=O)COc1ccc(S(N)(=O)=O)cc1[N+](=O)[O-]. The molecule has 0 aliphatic rings. The first-order chi connectivity index (χ1) is 12.6. The third-order valence-corrected chi connectivity index (χ3v) is 5.28. The van der Waals surface area contributed by atoms with Gasteiger partial charge in [-0.1, -0.05) is 34.1 Å². The van der Waals surface area contributed by atoms with Gasteiger partial charge in [0.1, 0.15) is 0 Å². The maximum absolute atomic E-state index is 12.2. The van der Waals surface area contributed by atoms with Crippen molar-refractivity contribution in [1.29, 1.82) is 0 Å². The Morgan fingerprint density at radius 3 is 2.56 bits per heavy atom. The van der Waals surface area contributed by atoms with Gasteiger partial charge in [-0.25, -0.2) is 13.6 Å². The van der Waals surface area contributed by atoms with Gasteiger partial charge in [0.15, 0.2) is 12.4 Å². The van der Waals surface area contributed by atoms with Gasteiger partial charge in [-0.2, -0.15) is 0 Å². The Labute approximate surface area is 164 Å². The molecule has 0 aliphatic carbocycles. The van der Waals surface area contributed by atoms with E-state index in [1.54, 1.807) is 7.05 Å². The number of benzene rings is 2. The van der Waals surface area contributed by atoms with E-state index in [1.807, 2.05) is 24.3 Å². The van der Waals surface area contributed by atoms with E-state index in [-0.39, 0.29) is 5.75 Å². The fourth-order valence-electron chi connectivity index (χ4n) is 2.16. The molecule has 11 heteroatoms. The Kier molecular flexibility index (Phi) is 6.52. The molecule has 0 saturated carbocycles. The number of halogens is 1. The molecule has 9 nitrogen and oxygen atoms in total. The minimum atomic E-state index is -4.10. The predicted molar refractivity (Wildman–Crippen MR) is 101 cm³/mol. The maximum Gasteiger partial charge on any atom is 0.312 e. The fourth-order valence-corrected chi connectivity index (χ4v) is 3.10. The summed E-state index contributed by atoms with van der Waals surface area (Å²) in [5.74, 6) is -0.634. The standard InChI is InChI=1S/C16H16BrN3O6S/c1-19(9-11-4-2-3-5-13(11)17)16(21)10-26-15-7-6-12(27(18,24)25)8-14(15)20(22)23/h2-8H,9-10H2,1H3,(H2,18,24,25). The molecular formula is C16H16BrN3O6S. The summed E-state index contributed by atoms with van der Waals surface area (Å²) in [6.07, 6.45) is 0. The molecule has 1 amide bonds. The Hall–Kier alpha value is -2.50. The lowest BCUT2D eigenvalue weighted by molar-refractivity contribution is -0.386. The molecule has 0 bridgehead atoms. The Morgan fingerprint density at radius 2 is 1.96 bits per heavy atom. The highest BCUT2D eigenvalue weighted by Crippen LogP contribution is 2.29. The summed E-state index contributed by atoms with van der Waals surface area (Å²) in [6.45, 7) is -0.132. The van der Waals surface area contributed by atoms with E-state index in [4.69, 9.17) is 9.88 Å². The number of amides is 1. The van der Waals surface area contributed by atoms with Crippen LogP contribution in [0.15, 0.2) is 51.8 Å². The van der Waals surface area contributed by atoms with Crippen molar-refractivity contribution in [1.82, 2.24) is 4.90 Å². The second kappa shape index (κ2) is 8.46. The number of carbonyl (C=O) groups is 1. The van der Waals surface area contributed by atoms with Crippen LogP contribution in [0.5, 0.6) is 5.75 Å². The largest absolute Gasteiger partial charge is 0.477 e. The molecule has 0 heterocycles. The summed E-state index contributed by atoms with van der Waals surface area (Å²) >= 11 is 3.39. The molecule has 0 radical (unpaired) electrons. The molecule has 2 N–H and O–H groups in total. The number of nitrogens with zero attached hydrogens (tertiary/aromatic N) is 2. The average Bonchev–Trinajstić information content (AvgIpc) is 2.60. The molecule has 144 valence electrons. The number of nitrogens with two attached hydrogens (primary N) is 1. The monoisotopic (exact) mass is 457 g/mol. The average molecular weight is 458 g/mol. The third-order valence-electron chi connectivity index (χ3n) is 3.60. The van der Waals surface area contributed by atoms with Crippen LogP contribution in [-0.4, -0.2) is 37.8 Å². The highest BCUT2D eigenvalue weighted by molar-refractivity contribution is 9.10. The number of nitro groups is 1. The number of hydrogen-bond acceptors (Lipinski definition) is 6. The Morgan fingerprint density at radius 1 is 1.30 bits per heavy atom. The summed E-state index contributed by atoms with van der Waals surface area (Å²) in [5, 5.41) is 16.1. The number of carbonyl (C=O) groups excluding carboxylic acids is 1. The van der Waals surface area contributed by atoms with E-state index in [0.29, 0.717) is 6.54 Å². The van der Waals surface area contributed by atoms with Gasteiger partial charge in [-0.05, 0) is 23.8 Å². The molecule has 0 atom stereocenters. The number of sulfonamides is 1. The van der Waals surface area contributed by atoms with Gasteiger partial charge in [0.05, 0.1) is 9.82 Å². The Bertz CT molecular complexity index is 980. The number of primary sulfonamides is 1. The van der Waals surface area contributed by atoms with E-state index in [9.17, 15) is 23.3 Å². The van der Waals surface area contributed by atoms with Crippen molar-refractivity contribution in [2.75, 3.05) is 13.7 Å². The molecule has 0 unspecified atom stereocenters. The van der Waals surface area contributed by atoms with Crippen LogP contribution < -0.4 is 9.88 Å². The van der Waals surface area contributed by atoms with Gasteiger partial charge >= 0.3 is 5.69 Å². The molecule has 2 rings (SSSR count). The quantitative estimate of drug-likeness (QED) is 0.499. The van der Waals surface area contributed by atoms with Gasteiger partial charge in [0.2, 0.25) is 10.0 Å². The first-order valence-electron chi connectivity index (χ1n) is 7.51. The molecule has 27 heavy (non-hydrogen) atoms. The van der Waals surface area contributed by atoms with Crippen LogP contribution in [0.1, 0.15) is 5.56 Å². The van der Waals surface area contributed by atoms with Crippen molar-refractivity contribution >= 4 is 37.5 Å². The minimum absolute atomic E-state index is 0.227. The molecular weight excluding hydrogens is 442 g/mol. The van der Waals surface area contributed by atoms with Crippen LogP contribution in [0.3, 0.4) is 0 Å². The molecule has 0 aromatic heterocycles. The Balaban J connectivity index is 2.10. The van der Waals surface area contributed by atoms with E-state index < -0.39 is 38.0 Å².